The van der Waals surface area contributed by atoms with Crippen LogP contribution in [0.25, 0.3) is 10.2 Å². The van der Waals surface area contributed by atoms with Gasteiger partial charge in [-0.3, -0.25) is 9.79 Å². The fourth-order valence-electron chi connectivity index (χ4n) is 3.03. The first-order valence-corrected chi connectivity index (χ1v) is 14.0. The van der Waals surface area contributed by atoms with Gasteiger partial charge in [0.1, 0.15) is 5.75 Å². The Morgan fingerprint density at radius 1 is 1.15 bits per heavy atom. The van der Waals surface area contributed by atoms with Crippen LogP contribution >= 0.6 is 68.3 Å². The average Bonchev–Trinajstić information content (AvgIpc) is 3.22. The number of thioether (sulfide) groups is 1. The highest BCUT2D eigenvalue weighted by Crippen LogP contribution is 2.32. The van der Waals surface area contributed by atoms with Crippen molar-refractivity contribution in [2.24, 2.45) is 4.99 Å². The Bertz CT molecular complexity index is 1310. The number of phenolic OH excluding ortho intramolecular Hbond substituents is 1. The largest absolute Gasteiger partial charge is 0.506 e. The Morgan fingerprint density at radius 3 is 2.79 bits per heavy atom. The van der Waals surface area contributed by atoms with Gasteiger partial charge in [-0.05, 0) is 87.5 Å². The minimum atomic E-state index is 0.00686. The molecule has 0 fully saturated rings. The first-order chi connectivity index (χ1) is 16.0. The van der Waals surface area contributed by atoms with Gasteiger partial charge in [-0.1, -0.05) is 42.1 Å². The Kier molecular flexibility index (Phi) is 8.61. The van der Waals surface area contributed by atoms with E-state index in [1.54, 1.807) is 17.6 Å². The van der Waals surface area contributed by atoms with E-state index in [1.807, 2.05) is 48.5 Å². The van der Waals surface area contributed by atoms with Crippen molar-refractivity contribution in [2.45, 2.75) is 10.8 Å². The maximum Gasteiger partial charge on any atom is 0.230 e. The van der Waals surface area contributed by atoms with Crippen LogP contribution in [-0.2, 0) is 11.2 Å². The van der Waals surface area contributed by atoms with Crippen molar-refractivity contribution in [3.8, 4) is 5.75 Å². The Labute approximate surface area is 227 Å². The molecule has 0 bridgehead atoms. The predicted octanol–water partition coefficient (Wildman–Crippen LogP) is 6.41. The molecule has 0 aliphatic carbocycles. The molecule has 0 atom stereocenters. The third kappa shape index (κ3) is 6.90. The molecule has 1 amide bonds. The molecular formula is C24H19I2N3O2S2. The highest BCUT2D eigenvalue weighted by molar-refractivity contribution is 14.1. The number of aliphatic imine (C=N–C) groups is 1. The second-order valence-electron chi connectivity index (χ2n) is 7.09. The van der Waals surface area contributed by atoms with Gasteiger partial charge in [-0.25, -0.2) is 4.98 Å². The molecule has 4 rings (SSSR count). The van der Waals surface area contributed by atoms with Crippen molar-refractivity contribution in [3.05, 3.63) is 78.9 Å². The van der Waals surface area contributed by atoms with Crippen LogP contribution in [0.1, 0.15) is 11.1 Å². The Morgan fingerprint density at radius 2 is 1.97 bits per heavy atom. The second-order valence-corrected chi connectivity index (χ2v) is 11.8. The Balaban J connectivity index is 1.34. The van der Waals surface area contributed by atoms with E-state index in [1.165, 1.54) is 17.3 Å². The number of aromatic hydroxyl groups is 1. The van der Waals surface area contributed by atoms with Gasteiger partial charge in [0.2, 0.25) is 5.91 Å². The number of nitrogens with one attached hydrogen (secondary N) is 1. The minimum Gasteiger partial charge on any atom is -0.506 e. The van der Waals surface area contributed by atoms with Gasteiger partial charge in [-0.15, -0.1) is 11.3 Å². The lowest BCUT2D eigenvalue weighted by Crippen LogP contribution is -2.27. The number of rotatable bonds is 8. The molecule has 9 heteroatoms. The van der Waals surface area contributed by atoms with E-state index in [0.717, 1.165) is 33.8 Å². The lowest BCUT2D eigenvalue weighted by molar-refractivity contribution is -0.118. The summed E-state index contributed by atoms with van der Waals surface area (Å²) in [7, 11) is 0. The third-order valence-corrected chi connectivity index (χ3v) is 8.27. The molecule has 0 aliphatic heterocycles. The second kappa shape index (κ2) is 11.6. The van der Waals surface area contributed by atoms with Gasteiger partial charge >= 0.3 is 0 Å². The molecule has 1 heterocycles. The van der Waals surface area contributed by atoms with Crippen LogP contribution in [0.3, 0.4) is 0 Å². The zero-order valence-corrected chi connectivity index (χ0v) is 23.2. The summed E-state index contributed by atoms with van der Waals surface area (Å²) in [6, 6.07) is 19.7. The first-order valence-electron chi connectivity index (χ1n) is 10.0. The van der Waals surface area contributed by atoms with Crippen LogP contribution in [0, 0.1) is 7.14 Å². The quantitative estimate of drug-likeness (QED) is 0.127. The summed E-state index contributed by atoms with van der Waals surface area (Å²) in [5.74, 6) is 0.580. The smallest absolute Gasteiger partial charge is 0.230 e. The number of amides is 1. The minimum absolute atomic E-state index is 0.00686. The number of carbonyl (C=O) groups excluding carboxylic acids is 1. The van der Waals surface area contributed by atoms with E-state index in [0.29, 0.717) is 17.9 Å². The summed E-state index contributed by atoms with van der Waals surface area (Å²) < 4.78 is 3.71. The van der Waals surface area contributed by atoms with Crippen molar-refractivity contribution >= 4 is 96.3 Å². The zero-order chi connectivity index (χ0) is 23.2. The van der Waals surface area contributed by atoms with Crippen molar-refractivity contribution in [2.75, 3.05) is 12.3 Å². The maximum absolute atomic E-state index is 12.2. The van der Waals surface area contributed by atoms with Crippen LogP contribution in [-0.4, -0.2) is 34.5 Å². The molecule has 0 spiro atoms. The first kappa shape index (κ1) is 24.4. The van der Waals surface area contributed by atoms with Gasteiger partial charge in [0.25, 0.3) is 0 Å². The summed E-state index contributed by atoms with van der Waals surface area (Å²) in [5.41, 5.74) is 3.57. The third-order valence-electron chi connectivity index (χ3n) is 4.67. The molecule has 3 aromatic carbocycles. The number of nitrogens with zero attached hydrogens (tertiary/aromatic N) is 2. The van der Waals surface area contributed by atoms with Gasteiger partial charge in [0.05, 0.1) is 25.2 Å². The normalized spacial score (nSPS) is 11.3. The number of hydrogen-bond acceptors (Lipinski definition) is 6. The predicted molar refractivity (Wildman–Crippen MR) is 154 cm³/mol. The highest BCUT2D eigenvalue weighted by atomic mass is 127. The van der Waals surface area contributed by atoms with Crippen LogP contribution < -0.4 is 5.32 Å². The number of hydrogen-bond donors (Lipinski definition) is 2. The Hall–Kier alpha value is -1.70. The highest BCUT2D eigenvalue weighted by Gasteiger charge is 2.09. The van der Waals surface area contributed by atoms with Crippen molar-refractivity contribution < 1.29 is 9.90 Å². The molecule has 2 N–H and O–H groups in total. The van der Waals surface area contributed by atoms with Crippen LogP contribution in [0.15, 0.2) is 70.0 Å². The van der Waals surface area contributed by atoms with Crippen molar-refractivity contribution in [3.63, 3.8) is 0 Å². The molecule has 0 aliphatic rings. The number of fused-ring (bicyclic) bond motifs is 1. The molecule has 0 unspecified atom stereocenters. The lowest BCUT2D eigenvalue weighted by Gasteiger charge is -2.04. The van der Waals surface area contributed by atoms with Gasteiger partial charge in [0, 0.05) is 21.9 Å². The van der Waals surface area contributed by atoms with Crippen molar-refractivity contribution in [1.29, 1.82) is 0 Å². The van der Waals surface area contributed by atoms with Gasteiger partial charge in [-0.2, -0.15) is 0 Å². The maximum atomic E-state index is 12.2. The number of benzene rings is 3. The SMILES string of the molecule is O=C(CSc1nc2ccc(N=Cc3cc(I)cc(I)c3O)cc2s1)NCCc1ccccc1. The number of aromatic nitrogens is 1. The van der Waals surface area contributed by atoms with E-state index >= 15 is 0 Å². The molecule has 168 valence electrons. The molecule has 0 saturated heterocycles. The summed E-state index contributed by atoms with van der Waals surface area (Å²) >= 11 is 7.33. The van der Waals surface area contributed by atoms with Crippen LogP contribution in [0.4, 0.5) is 5.69 Å². The topological polar surface area (TPSA) is 74.6 Å². The summed E-state index contributed by atoms with van der Waals surface area (Å²) in [6.07, 6.45) is 2.50. The van der Waals surface area contributed by atoms with E-state index in [9.17, 15) is 9.90 Å². The number of carbonyl (C=O) groups is 1. The number of halogens is 2. The van der Waals surface area contributed by atoms with E-state index in [4.69, 9.17) is 0 Å². The monoisotopic (exact) mass is 699 g/mol. The van der Waals surface area contributed by atoms with E-state index in [-0.39, 0.29) is 11.7 Å². The van der Waals surface area contributed by atoms with Crippen LogP contribution in [0.2, 0.25) is 0 Å². The fraction of sp³-hybridized carbons (Fsp3) is 0.125. The zero-order valence-electron chi connectivity index (χ0n) is 17.3. The average molecular weight is 699 g/mol. The lowest BCUT2D eigenvalue weighted by atomic mass is 10.1. The molecule has 5 nitrogen and oxygen atoms in total. The number of phenols is 1. The van der Waals surface area contributed by atoms with E-state index in [2.05, 4.69) is 72.6 Å². The standard InChI is InChI=1S/C24H19I2N3O2S2/c25-17-10-16(23(31)19(26)11-17)13-28-18-6-7-20-21(12-18)33-24(29-20)32-14-22(30)27-9-8-15-4-2-1-3-5-15/h1-7,10-13,31H,8-9,14H2,(H,27,30). The summed E-state index contributed by atoms with van der Waals surface area (Å²) in [5, 5.41) is 13.2. The van der Waals surface area contributed by atoms with Gasteiger partial charge < -0.3 is 10.4 Å². The molecule has 4 aromatic rings. The van der Waals surface area contributed by atoms with Gasteiger partial charge in [0.15, 0.2) is 4.34 Å². The summed E-state index contributed by atoms with van der Waals surface area (Å²) in [4.78, 5) is 21.3. The van der Waals surface area contributed by atoms with Crippen LogP contribution in [0.5, 0.6) is 5.75 Å². The molecule has 0 radical (unpaired) electrons. The molecular weight excluding hydrogens is 680 g/mol. The fourth-order valence-corrected chi connectivity index (χ4v) is 6.85. The molecule has 1 aromatic heterocycles. The van der Waals surface area contributed by atoms with Crippen molar-refractivity contribution in [1.82, 2.24) is 10.3 Å². The van der Waals surface area contributed by atoms with E-state index < -0.39 is 0 Å². The number of thiazole rings is 1. The molecule has 33 heavy (non-hydrogen) atoms. The molecule has 0 saturated carbocycles. The summed E-state index contributed by atoms with van der Waals surface area (Å²) in [6.45, 7) is 0.625.